The maximum Gasteiger partial charge on any atom is 0.417 e. The van der Waals surface area contributed by atoms with Gasteiger partial charge in [0.2, 0.25) is 0 Å². The van der Waals surface area contributed by atoms with Crippen LogP contribution in [0.15, 0.2) is 60.1 Å². The number of rotatable bonds is 7. The minimum absolute atomic E-state index is 0.0750. The summed E-state index contributed by atoms with van der Waals surface area (Å²) >= 11 is 0. The van der Waals surface area contributed by atoms with Crippen LogP contribution in [-0.4, -0.2) is 53.4 Å². The van der Waals surface area contributed by atoms with E-state index in [4.69, 9.17) is 4.84 Å². The van der Waals surface area contributed by atoms with Crippen molar-refractivity contribution in [2.45, 2.75) is 19.6 Å². The van der Waals surface area contributed by atoms with Gasteiger partial charge in [-0.3, -0.25) is 14.9 Å². The number of aromatic nitrogens is 2. The third-order valence-electron chi connectivity index (χ3n) is 6.54. The van der Waals surface area contributed by atoms with Crippen molar-refractivity contribution >= 4 is 11.4 Å². The van der Waals surface area contributed by atoms with Gasteiger partial charge in [-0.2, -0.15) is 13.2 Å². The molecule has 0 unspecified atom stereocenters. The predicted molar refractivity (Wildman–Crippen MR) is 127 cm³/mol. The second kappa shape index (κ2) is 9.70. The zero-order valence-electron chi connectivity index (χ0n) is 20.0. The summed E-state index contributed by atoms with van der Waals surface area (Å²) < 4.78 is 66.0. The van der Waals surface area contributed by atoms with E-state index in [9.17, 15) is 22.0 Å². The van der Waals surface area contributed by atoms with Crippen LogP contribution in [0.1, 0.15) is 29.3 Å². The van der Waals surface area contributed by atoms with Crippen molar-refractivity contribution in [3.8, 4) is 0 Å². The Kier molecular flexibility index (Phi) is 6.57. The van der Waals surface area contributed by atoms with Crippen LogP contribution in [-0.2, 0) is 17.6 Å². The van der Waals surface area contributed by atoms with Gasteiger partial charge in [0.05, 0.1) is 23.1 Å². The molecule has 2 saturated heterocycles. The van der Waals surface area contributed by atoms with E-state index < -0.39 is 23.4 Å². The fraction of sp³-hybridized carbons (Fsp3) is 0.346. The van der Waals surface area contributed by atoms with E-state index in [1.165, 1.54) is 12.3 Å². The number of hydrogen-bond acceptors (Lipinski definition) is 6. The molecule has 1 aromatic carbocycles. The number of alkyl halides is 3. The van der Waals surface area contributed by atoms with E-state index in [1.807, 2.05) is 11.0 Å². The van der Waals surface area contributed by atoms with Crippen molar-refractivity contribution in [2.75, 3.05) is 37.7 Å². The van der Waals surface area contributed by atoms with Crippen molar-refractivity contribution in [2.24, 2.45) is 10.6 Å². The fourth-order valence-electron chi connectivity index (χ4n) is 4.85. The molecule has 6 nitrogen and oxygen atoms in total. The molecule has 11 heteroatoms. The van der Waals surface area contributed by atoms with Gasteiger partial charge in [0.15, 0.2) is 11.6 Å². The molecular formula is C26H24F5N5O. The van der Waals surface area contributed by atoms with Gasteiger partial charge in [-0.1, -0.05) is 11.2 Å². The van der Waals surface area contributed by atoms with Gasteiger partial charge in [-0.15, -0.1) is 0 Å². The molecule has 0 bridgehead atoms. The van der Waals surface area contributed by atoms with Crippen LogP contribution in [0.5, 0.6) is 0 Å². The lowest BCUT2D eigenvalue weighted by molar-refractivity contribution is -0.137. The molecule has 3 aromatic rings. The van der Waals surface area contributed by atoms with Gasteiger partial charge in [0.25, 0.3) is 0 Å². The Balaban J connectivity index is 1.18. The molecule has 37 heavy (non-hydrogen) atoms. The number of hydrogen-bond donors (Lipinski definition) is 0. The summed E-state index contributed by atoms with van der Waals surface area (Å²) in [5.41, 5.74) is 1.91. The first-order valence-corrected chi connectivity index (χ1v) is 11.8. The smallest absolute Gasteiger partial charge is 0.396 e. The van der Waals surface area contributed by atoms with E-state index in [0.29, 0.717) is 48.9 Å². The highest BCUT2D eigenvalue weighted by molar-refractivity contribution is 6.11. The molecule has 0 atom stereocenters. The van der Waals surface area contributed by atoms with Crippen LogP contribution >= 0.6 is 0 Å². The second-order valence-corrected chi connectivity index (χ2v) is 9.47. The molecule has 0 N–H and O–H groups in total. The van der Waals surface area contributed by atoms with Gasteiger partial charge < -0.3 is 9.74 Å². The normalized spacial score (nSPS) is 17.5. The maximum absolute atomic E-state index is 13.8. The molecule has 4 heterocycles. The largest absolute Gasteiger partial charge is 0.417 e. The van der Waals surface area contributed by atoms with Crippen molar-refractivity contribution in [3.05, 3.63) is 89.0 Å². The molecule has 194 valence electrons. The Morgan fingerprint density at radius 3 is 2.43 bits per heavy atom. The van der Waals surface area contributed by atoms with Gasteiger partial charge in [-0.25, -0.2) is 8.78 Å². The summed E-state index contributed by atoms with van der Waals surface area (Å²) in [6, 6.07) is 8.31. The lowest BCUT2D eigenvalue weighted by Gasteiger charge is -2.61. The van der Waals surface area contributed by atoms with Crippen molar-refractivity contribution in [1.82, 2.24) is 14.9 Å². The molecule has 2 fully saturated rings. The number of halogens is 5. The molecular weight excluding hydrogens is 493 g/mol. The average Bonchev–Trinajstić information content (AvgIpc) is 2.82. The first-order valence-electron chi connectivity index (χ1n) is 11.8. The molecule has 2 aromatic heterocycles. The standard InChI is InChI=1S/C26H24F5N5O/c1-2-37-34-24(18-4-5-21(27)22(28)7-18)23-6-3-17(9-33-23)12-35-13-25(14-35)15-36(16-25)20-8-19(10-32-11-20)26(29,30)31/h3-11H,2,12-16H2,1H3. The molecule has 0 radical (unpaired) electrons. The second-order valence-electron chi connectivity index (χ2n) is 9.47. The summed E-state index contributed by atoms with van der Waals surface area (Å²) in [6.07, 6.45) is -0.390. The third kappa shape index (κ3) is 5.27. The Bertz CT molecular complexity index is 1300. The van der Waals surface area contributed by atoms with Gasteiger partial charge in [0.1, 0.15) is 12.3 Å². The monoisotopic (exact) mass is 517 g/mol. The molecule has 5 rings (SSSR count). The number of nitrogens with zero attached hydrogens (tertiary/aromatic N) is 5. The lowest BCUT2D eigenvalue weighted by Crippen LogP contribution is -2.72. The van der Waals surface area contributed by atoms with Crippen LogP contribution in [0.2, 0.25) is 0 Å². The van der Waals surface area contributed by atoms with E-state index in [0.717, 1.165) is 43.0 Å². The minimum Gasteiger partial charge on any atom is -0.396 e. The van der Waals surface area contributed by atoms with E-state index >= 15 is 0 Å². The number of anilines is 1. The van der Waals surface area contributed by atoms with E-state index in [2.05, 4.69) is 20.0 Å². The first-order chi connectivity index (χ1) is 17.7. The summed E-state index contributed by atoms with van der Waals surface area (Å²) in [4.78, 5) is 17.5. The van der Waals surface area contributed by atoms with Crippen molar-refractivity contribution in [3.63, 3.8) is 0 Å². The molecule has 0 aliphatic carbocycles. The van der Waals surface area contributed by atoms with E-state index in [1.54, 1.807) is 19.2 Å². The minimum atomic E-state index is -4.41. The van der Waals surface area contributed by atoms with Crippen molar-refractivity contribution < 1.29 is 26.8 Å². The Hall–Kier alpha value is -3.60. The highest BCUT2D eigenvalue weighted by Crippen LogP contribution is 2.43. The van der Waals surface area contributed by atoms with Crippen LogP contribution in [0.4, 0.5) is 27.6 Å². The summed E-state index contributed by atoms with van der Waals surface area (Å²) in [7, 11) is 0. The first kappa shape index (κ1) is 25.1. The van der Waals surface area contributed by atoms with Crippen LogP contribution < -0.4 is 4.90 Å². The van der Waals surface area contributed by atoms with Crippen molar-refractivity contribution in [1.29, 1.82) is 0 Å². The Morgan fingerprint density at radius 1 is 1.00 bits per heavy atom. The molecule has 0 saturated carbocycles. The fourth-order valence-corrected chi connectivity index (χ4v) is 4.85. The van der Waals surface area contributed by atoms with Gasteiger partial charge in [0, 0.05) is 56.1 Å². The highest BCUT2D eigenvalue weighted by Gasteiger charge is 2.51. The predicted octanol–water partition coefficient (Wildman–Crippen LogP) is 4.88. The Morgan fingerprint density at radius 2 is 1.78 bits per heavy atom. The zero-order chi connectivity index (χ0) is 26.2. The quantitative estimate of drug-likeness (QED) is 0.254. The average molecular weight is 518 g/mol. The topological polar surface area (TPSA) is 53.9 Å². The lowest BCUT2D eigenvalue weighted by atomic mass is 9.72. The Labute approximate surface area is 210 Å². The highest BCUT2D eigenvalue weighted by atomic mass is 19.4. The third-order valence-corrected chi connectivity index (χ3v) is 6.54. The van der Waals surface area contributed by atoms with Gasteiger partial charge in [-0.05, 0) is 42.8 Å². The number of oxime groups is 1. The van der Waals surface area contributed by atoms with Crippen LogP contribution in [0.3, 0.4) is 0 Å². The molecule has 2 aliphatic rings. The maximum atomic E-state index is 13.8. The zero-order valence-corrected chi connectivity index (χ0v) is 20.0. The summed E-state index contributed by atoms with van der Waals surface area (Å²) in [5, 5.41) is 4.04. The number of benzene rings is 1. The van der Waals surface area contributed by atoms with E-state index in [-0.39, 0.29) is 5.41 Å². The number of likely N-dealkylation sites (tertiary alicyclic amines) is 1. The molecule has 1 spiro atoms. The molecule has 2 aliphatic heterocycles. The summed E-state index contributed by atoms with van der Waals surface area (Å²) in [6.45, 7) is 5.80. The molecule has 0 amide bonds. The van der Waals surface area contributed by atoms with Crippen LogP contribution in [0.25, 0.3) is 0 Å². The SMILES string of the molecule is CCON=C(c1ccc(F)c(F)c1)c1ccc(CN2CC3(C2)CN(c2cncc(C(F)(F)F)c2)C3)cn1. The van der Waals surface area contributed by atoms with Gasteiger partial charge >= 0.3 is 6.18 Å². The summed E-state index contributed by atoms with van der Waals surface area (Å²) in [5.74, 6) is -1.93. The van der Waals surface area contributed by atoms with Crippen LogP contribution in [0, 0.1) is 17.0 Å². The number of pyridine rings is 2.